The van der Waals surface area contributed by atoms with E-state index in [1.165, 1.54) is 30.1 Å². The second kappa shape index (κ2) is 6.34. The third-order valence-electron chi connectivity index (χ3n) is 4.19. The zero-order valence-electron chi connectivity index (χ0n) is 13.8. The molecule has 1 aliphatic rings. The summed E-state index contributed by atoms with van der Waals surface area (Å²) in [5.41, 5.74) is -0.219. The number of carbonyl (C=O) groups is 1. The number of nitrogens with zero attached hydrogens (tertiary/aromatic N) is 1. The number of aromatic amines is 1. The number of hydrogen-bond donors (Lipinski definition) is 2. The number of halogens is 1. The molecule has 0 bridgehead atoms. The summed E-state index contributed by atoms with van der Waals surface area (Å²) in [5.74, 6) is -0.0684. The van der Waals surface area contributed by atoms with Crippen molar-refractivity contribution in [3.63, 3.8) is 0 Å². The SMILES string of the molecule is Cn1[nH]cc(C(=O)c2ccc(S(C)(=O)=O)c(NCC3CC3)c2Cl)c1=O. The fraction of sp³-hybridized carbons (Fsp3) is 0.375. The van der Waals surface area contributed by atoms with Crippen LogP contribution < -0.4 is 10.9 Å². The fourth-order valence-corrected chi connectivity index (χ4v) is 3.78. The molecule has 1 saturated carbocycles. The largest absolute Gasteiger partial charge is 0.382 e. The van der Waals surface area contributed by atoms with Crippen LogP contribution in [0.5, 0.6) is 0 Å². The highest BCUT2D eigenvalue weighted by Crippen LogP contribution is 2.36. The van der Waals surface area contributed by atoms with Gasteiger partial charge in [-0.25, -0.2) is 8.42 Å². The van der Waals surface area contributed by atoms with Gasteiger partial charge in [-0.2, -0.15) is 0 Å². The van der Waals surface area contributed by atoms with Crippen LogP contribution in [0.3, 0.4) is 0 Å². The van der Waals surface area contributed by atoms with Crippen LogP contribution in [0, 0.1) is 5.92 Å². The Morgan fingerprint density at radius 3 is 2.56 bits per heavy atom. The van der Waals surface area contributed by atoms with Crippen molar-refractivity contribution in [3.05, 3.63) is 44.8 Å². The zero-order valence-corrected chi connectivity index (χ0v) is 15.4. The molecule has 0 atom stereocenters. The molecule has 1 fully saturated rings. The van der Waals surface area contributed by atoms with Gasteiger partial charge in [-0.05, 0) is 30.9 Å². The standard InChI is InChI=1S/C16H18ClN3O4S/c1-20-16(22)11(8-19-20)15(21)10-5-6-12(25(2,23)24)14(13(10)17)18-7-9-3-4-9/h5-6,8-9,18-19H,3-4,7H2,1-2H3. The van der Waals surface area contributed by atoms with Crippen molar-refractivity contribution in [1.82, 2.24) is 9.78 Å². The summed E-state index contributed by atoms with van der Waals surface area (Å²) in [4.78, 5) is 24.7. The van der Waals surface area contributed by atoms with Crippen molar-refractivity contribution >= 4 is 32.9 Å². The summed E-state index contributed by atoms with van der Waals surface area (Å²) < 4.78 is 25.2. The third-order valence-corrected chi connectivity index (χ3v) is 5.73. The van der Waals surface area contributed by atoms with Gasteiger partial charge in [-0.3, -0.25) is 14.3 Å². The lowest BCUT2D eigenvalue weighted by Gasteiger charge is -2.15. The Morgan fingerprint density at radius 2 is 2.04 bits per heavy atom. The minimum atomic E-state index is -3.52. The summed E-state index contributed by atoms with van der Waals surface area (Å²) >= 11 is 6.36. The predicted octanol–water partition coefficient (Wildman–Crippen LogP) is 1.82. The van der Waals surface area contributed by atoms with Gasteiger partial charge in [0.05, 0.1) is 15.6 Å². The zero-order chi connectivity index (χ0) is 18.4. The van der Waals surface area contributed by atoms with Crippen LogP contribution in [-0.2, 0) is 16.9 Å². The number of sulfone groups is 1. The molecule has 1 aromatic heterocycles. The molecule has 134 valence electrons. The molecule has 9 heteroatoms. The second-order valence-corrected chi connectivity index (χ2v) is 8.64. The van der Waals surface area contributed by atoms with E-state index in [1.54, 1.807) is 0 Å². The van der Waals surface area contributed by atoms with Gasteiger partial charge in [-0.15, -0.1) is 0 Å². The van der Waals surface area contributed by atoms with Crippen molar-refractivity contribution in [2.24, 2.45) is 13.0 Å². The van der Waals surface area contributed by atoms with Gasteiger partial charge < -0.3 is 10.4 Å². The van der Waals surface area contributed by atoms with Crippen molar-refractivity contribution in [2.75, 3.05) is 18.1 Å². The number of benzene rings is 1. The number of anilines is 1. The highest BCUT2D eigenvalue weighted by atomic mass is 35.5. The maximum atomic E-state index is 12.7. The van der Waals surface area contributed by atoms with Crippen LogP contribution in [0.15, 0.2) is 28.0 Å². The first kappa shape index (κ1) is 17.8. The van der Waals surface area contributed by atoms with Gasteiger partial charge in [0.1, 0.15) is 5.56 Å². The second-order valence-electron chi connectivity index (χ2n) is 6.28. The van der Waals surface area contributed by atoms with Gasteiger partial charge in [0, 0.05) is 31.6 Å². The van der Waals surface area contributed by atoms with Gasteiger partial charge in [0.2, 0.25) is 5.78 Å². The average molecular weight is 384 g/mol. The van der Waals surface area contributed by atoms with Gasteiger partial charge in [0.25, 0.3) is 5.56 Å². The molecular weight excluding hydrogens is 366 g/mol. The monoisotopic (exact) mass is 383 g/mol. The lowest BCUT2D eigenvalue weighted by molar-refractivity contribution is 0.103. The van der Waals surface area contributed by atoms with E-state index in [9.17, 15) is 18.0 Å². The molecule has 25 heavy (non-hydrogen) atoms. The molecule has 0 unspecified atom stereocenters. The average Bonchev–Trinajstić information content (AvgIpc) is 3.30. The van der Waals surface area contributed by atoms with E-state index < -0.39 is 21.2 Å². The van der Waals surface area contributed by atoms with E-state index in [0.29, 0.717) is 12.5 Å². The molecule has 1 heterocycles. The highest BCUT2D eigenvalue weighted by molar-refractivity contribution is 7.90. The number of aryl methyl sites for hydroxylation is 1. The molecule has 0 saturated heterocycles. The first-order chi connectivity index (χ1) is 11.7. The van der Waals surface area contributed by atoms with Crippen molar-refractivity contribution in [3.8, 4) is 0 Å². The molecule has 1 aliphatic carbocycles. The molecule has 7 nitrogen and oxygen atoms in total. The van der Waals surface area contributed by atoms with E-state index in [1.807, 2.05) is 0 Å². The molecule has 2 aromatic rings. The highest BCUT2D eigenvalue weighted by Gasteiger charge is 2.26. The molecule has 3 rings (SSSR count). The predicted molar refractivity (Wildman–Crippen MR) is 95.2 cm³/mol. The summed E-state index contributed by atoms with van der Waals surface area (Å²) in [7, 11) is -2.03. The van der Waals surface area contributed by atoms with Crippen LogP contribution in [0.25, 0.3) is 0 Å². The lowest BCUT2D eigenvalue weighted by atomic mass is 10.1. The maximum absolute atomic E-state index is 12.7. The first-order valence-electron chi connectivity index (χ1n) is 7.75. The van der Waals surface area contributed by atoms with Crippen LogP contribution >= 0.6 is 11.6 Å². The summed E-state index contributed by atoms with van der Waals surface area (Å²) in [6.45, 7) is 0.589. The molecule has 0 spiro atoms. The molecular formula is C16H18ClN3O4S. The van der Waals surface area contributed by atoms with Crippen LogP contribution in [-0.4, -0.2) is 36.8 Å². The van der Waals surface area contributed by atoms with Crippen molar-refractivity contribution in [1.29, 1.82) is 0 Å². The fourth-order valence-electron chi connectivity index (χ4n) is 2.55. The van der Waals surface area contributed by atoms with Gasteiger partial charge in [-0.1, -0.05) is 11.6 Å². The maximum Gasteiger partial charge on any atom is 0.277 e. The van der Waals surface area contributed by atoms with Crippen molar-refractivity contribution in [2.45, 2.75) is 17.7 Å². The quantitative estimate of drug-likeness (QED) is 0.741. The number of ketones is 1. The van der Waals surface area contributed by atoms with Crippen LogP contribution in [0.4, 0.5) is 5.69 Å². The Kier molecular flexibility index (Phi) is 4.51. The molecule has 0 aliphatic heterocycles. The number of rotatable bonds is 6. The molecule has 1 aromatic carbocycles. The number of aromatic nitrogens is 2. The van der Waals surface area contributed by atoms with E-state index in [4.69, 9.17) is 11.6 Å². The van der Waals surface area contributed by atoms with E-state index in [0.717, 1.165) is 19.1 Å². The van der Waals surface area contributed by atoms with Gasteiger partial charge >= 0.3 is 0 Å². The van der Waals surface area contributed by atoms with Crippen molar-refractivity contribution < 1.29 is 13.2 Å². The Morgan fingerprint density at radius 1 is 1.36 bits per heavy atom. The van der Waals surface area contributed by atoms with Crippen LogP contribution in [0.2, 0.25) is 5.02 Å². The lowest BCUT2D eigenvalue weighted by Crippen LogP contribution is -2.20. The smallest absolute Gasteiger partial charge is 0.277 e. The van der Waals surface area contributed by atoms with E-state index in [2.05, 4.69) is 10.4 Å². The minimum Gasteiger partial charge on any atom is -0.382 e. The van der Waals surface area contributed by atoms with Crippen LogP contribution in [0.1, 0.15) is 28.8 Å². The summed E-state index contributed by atoms with van der Waals surface area (Å²) in [6, 6.07) is 2.69. The number of hydrogen-bond acceptors (Lipinski definition) is 5. The number of nitrogens with one attached hydrogen (secondary N) is 2. The number of carbonyl (C=O) groups excluding carboxylic acids is 1. The Hall–Kier alpha value is -2.06. The Bertz CT molecular complexity index is 1000. The summed E-state index contributed by atoms with van der Waals surface area (Å²) in [5, 5.41) is 5.71. The normalized spacial score (nSPS) is 14.5. The first-order valence-corrected chi connectivity index (χ1v) is 10.0. The number of H-pyrrole nitrogens is 1. The topological polar surface area (TPSA) is 101 Å². The van der Waals surface area contributed by atoms with E-state index >= 15 is 0 Å². The Labute approximate surface area is 149 Å². The van der Waals surface area contributed by atoms with Gasteiger partial charge in [0.15, 0.2) is 9.84 Å². The third kappa shape index (κ3) is 3.50. The molecule has 0 radical (unpaired) electrons. The van der Waals surface area contributed by atoms with E-state index in [-0.39, 0.29) is 26.7 Å². The summed E-state index contributed by atoms with van der Waals surface area (Å²) in [6.07, 6.45) is 4.56. The Balaban J connectivity index is 2.08. The minimum absolute atomic E-state index is 0.0110. The molecule has 2 N–H and O–H groups in total. The molecule has 0 amide bonds.